The molecule has 3 heterocycles. The standard InChI is InChI=1S/C15H13N5/c1-9-18-14(12-5-6-16-15(12)19-9)10-3-4-11-8-17-20(2)13(11)7-10/h3-8H,1-2H3,(H,16,18,19). The summed E-state index contributed by atoms with van der Waals surface area (Å²) >= 11 is 0. The van der Waals surface area contributed by atoms with E-state index >= 15 is 0 Å². The lowest BCUT2D eigenvalue weighted by molar-refractivity contribution is 0.797. The van der Waals surface area contributed by atoms with E-state index in [1.807, 2.05) is 37.1 Å². The van der Waals surface area contributed by atoms with Crippen molar-refractivity contribution in [2.75, 3.05) is 0 Å². The Hall–Kier alpha value is -2.69. The molecule has 0 spiro atoms. The number of H-pyrrole nitrogens is 1. The minimum absolute atomic E-state index is 0.764. The van der Waals surface area contributed by atoms with Crippen LogP contribution in [0.5, 0.6) is 0 Å². The number of hydrogen-bond acceptors (Lipinski definition) is 3. The summed E-state index contributed by atoms with van der Waals surface area (Å²) in [5.74, 6) is 0.764. The fourth-order valence-corrected chi connectivity index (χ4v) is 2.56. The van der Waals surface area contributed by atoms with E-state index in [4.69, 9.17) is 0 Å². The molecule has 0 saturated heterocycles. The number of fused-ring (bicyclic) bond motifs is 2. The van der Waals surface area contributed by atoms with Crippen LogP contribution in [0.3, 0.4) is 0 Å². The Morgan fingerprint density at radius 1 is 1.15 bits per heavy atom. The van der Waals surface area contributed by atoms with Crippen LogP contribution >= 0.6 is 0 Å². The van der Waals surface area contributed by atoms with Gasteiger partial charge in [-0.15, -0.1) is 0 Å². The summed E-state index contributed by atoms with van der Waals surface area (Å²) in [7, 11) is 1.95. The lowest BCUT2D eigenvalue weighted by atomic mass is 10.1. The topological polar surface area (TPSA) is 59.4 Å². The maximum absolute atomic E-state index is 4.60. The largest absolute Gasteiger partial charge is 0.346 e. The van der Waals surface area contributed by atoms with Crippen molar-refractivity contribution < 1.29 is 0 Å². The average molecular weight is 263 g/mol. The molecule has 5 nitrogen and oxygen atoms in total. The van der Waals surface area contributed by atoms with Crippen molar-refractivity contribution in [1.82, 2.24) is 24.7 Å². The highest BCUT2D eigenvalue weighted by Gasteiger charge is 2.10. The molecule has 98 valence electrons. The molecule has 4 aromatic rings. The van der Waals surface area contributed by atoms with Gasteiger partial charge in [0.05, 0.1) is 17.4 Å². The van der Waals surface area contributed by atoms with Crippen molar-refractivity contribution in [3.63, 3.8) is 0 Å². The van der Waals surface area contributed by atoms with Gasteiger partial charge in [0, 0.05) is 29.6 Å². The Bertz CT molecular complexity index is 932. The van der Waals surface area contributed by atoms with Gasteiger partial charge in [0.2, 0.25) is 0 Å². The van der Waals surface area contributed by atoms with Crippen LogP contribution in [-0.2, 0) is 7.05 Å². The Morgan fingerprint density at radius 2 is 2.05 bits per heavy atom. The maximum atomic E-state index is 4.60. The number of rotatable bonds is 1. The van der Waals surface area contributed by atoms with Gasteiger partial charge in [0.15, 0.2) is 0 Å². The molecule has 1 N–H and O–H groups in total. The number of aromatic amines is 1. The van der Waals surface area contributed by atoms with Gasteiger partial charge in [-0.2, -0.15) is 5.10 Å². The van der Waals surface area contributed by atoms with E-state index < -0.39 is 0 Å². The van der Waals surface area contributed by atoms with Crippen LogP contribution in [0.25, 0.3) is 33.2 Å². The molecular formula is C15H13N5. The van der Waals surface area contributed by atoms with Crippen LogP contribution in [0.2, 0.25) is 0 Å². The summed E-state index contributed by atoms with van der Waals surface area (Å²) in [5.41, 5.74) is 4.01. The van der Waals surface area contributed by atoms with Crippen molar-refractivity contribution in [3.8, 4) is 11.3 Å². The van der Waals surface area contributed by atoms with Gasteiger partial charge >= 0.3 is 0 Å². The van der Waals surface area contributed by atoms with Gasteiger partial charge in [-0.3, -0.25) is 4.68 Å². The second kappa shape index (κ2) is 3.90. The van der Waals surface area contributed by atoms with Crippen LogP contribution in [0, 0.1) is 6.92 Å². The molecule has 0 radical (unpaired) electrons. The molecule has 0 fully saturated rings. The molecule has 4 rings (SSSR count). The highest BCUT2D eigenvalue weighted by molar-refractivity contribution is 5.93. The third-order valence-electron chi connectivity index (χ3n) is 3.55. The zero-order valence-electron chi connectivity index (χ0n) is 11.3. The molecule has 0 aliphatic heterocycles. The quantitative estimate of drug-likeness (QED) is 0.574. The van der Waals surface area contributed by atoms with Crippen LogP contribution in [0.1, 0.15) is 5.82 Å². The molecule has 0 aliphatic rings. The van der Waals surface area contributed by atoms with E-state index in [0.29, 0.717) is 0 Å². The summed E-state index contributed by atoms with van der Waals surface area (Å²) in [5, 5.41) is 6.45. The molecule has 0 amide bonds. The van der Waals surface area contributed by atoms with Crippen LogP contribution in [0.4, 0.5) is 0 Å². The van der Waals surface area contributed by atoms with Gasteiger partial charge in [0.25, 0.3) is 0 Å². The number of nitrogens with one attached hydrogen (secondary N) is 1. The lowest BCUT2D eigenvalue weighted by Crippen LogP contribution is -1.94. The summed E-state index contributed by atoms with van der Waals surface area (Å²) in [6, 6.07) is 8.29. The van der Waals surface area contributed by atoms with Crippen LogP contribution in [0.15, 0.2) is 36.7 Å². The number of aryl methyl sites for hydroxylation is 2. The number of nitrogens with zero attached hydrogens (tertiary/aromatic N) is 4. The Morgan fingerprint density at radius 3 is 2.95 bits per heavy atom. The summed E-state index contributed by atoms with van der Waals surface area (Å²) in [6.45, 7) is 1.91. The van der Waals surface area contributed by atoms with Gasteiger partial charge in [0.1, 0.15) is 11.5 Å². The van der Waals surface area contributed by atoms with E-state index in [2.05, 4.69) is 38.2 Å². The highest BCUT2D eigenvalue weighted by Crippen LogP contribution is 2.28. The first kappa shape index (κ1) is 11.2. The monoisotopic (exact) mass is 263 g/mol. The third-order valence-corrected chi connectivity index (χ3v) is 3.55. The first-order valence-electron chi connectivity index (χ1n) is 6.46. The molecule has 0 unspecified atom stereocenters. The lowest BCUT2D eigenvalue weighted by Gasteiger charge is -2.05. The van der Waals surface area contributed by atoms with Crippen LogP contribution < -0.4 is 0 Å². The fraction of sp³-hybridized carbons (Fsp3) is 0.133. The first-order chi connectivity index (χ1) is 9.72. The smallest absolute Gasteiger partial charge is 0.141 e. The van der Waals surface area contributed by atoms with Crippen molar-refractivity contribution >= 4 is 21.9 Å². The van der Waals surface area contributed by atoms with E-state index in [1.54, 1.807) is 0 Å². The number of aromatic nitrogens is 5. The minimum atomic E-state index is 0.764. The van der Waals surface area contributed by atoms with E-state index in [9.17, 15) is 0 Å². The number of benzene rings is 1. The molecule has 0 aliphatic carbocycles. The van der Waals surface area contributed by atoms with Crippen molar-refractivity contribution in [2.24, 2.45) is 7.05 Å². The fourth-order valence-electron chi connectivity index (χ4n) is 2.56. The average Bonchev–Trinajstić information content (AvgIpc) is 3.05. The third kappa shape index (κ3) is 1.53. The summed E-state index contributed by atoms with van der Waals surface area (Å²) < 4.78 is 1.88. The zero-order chi connectivity index (χ0) is 13.7. The van der Waals surface area contributed by atoms with Crippen LogP contribution in [-0.4, -0.2) is 24.7 Å². The van der Waals surface area contributed by atoms with Gasteiger partial charge in [-0.25, -0.2) is 9.97 Å². The normalized spacial score (nSPS) is 11.5. The molecular weight excluding hydrogens is 250 g/mol. The molecule has 0 bridgehead atoms. The Labute approximate surface area is 115 Å². The summed E-state index contributed by atoms with van der Waals surface area (Å²) in [4.78, 5) is 12.2. The maximum Gasteiger partial charge on any atom is 0.141 e. The highest BCUT2D eigenvalue weighted by atomic mass is 15.2. The van der Waals surface area contributed by atoms with E-state index in [-0.39, 0.29) is 0 Å². The van der Waals surface area contributed by atoms with Gasteiger partial charge in [-0.05, 0) is 19.1 Å². The van der Waals surface area contributed by atoms with Gasteiger partial charge < -0.3 is 4.98 Å². The number of hydrogen-bond donors (Lipinski definition) is 1. The molecule has 5 heteroatoms. The van der Waals surface area contributed by atoms with Gasteiger partial charge in [-0.1, -0.05) is 12.1 Å². The predicted molar refractivity (Wildman–Crippen MR) is 78.3 cm³/mol. The van der Waals surface area contributed by atoms with E-state index in [1.165, 1.54) is 0 Å². The van der Waals surface area contributed by atoms with E-state index in [0.717, 1.165) is 39.0 Å². The first-order valence-corrected chi connectivity index (χ1v) is 6.46. The zero-order valence-corrected chi connectivity index (χ0v) is 11.3. The van der Waals surface area contributed by atoms with Crippen molar-refractivity contribution in [1.29, 1.82) is 0 Å². The molecule has 3 aromatic heterocycles. The minimum Gasteiger partial charge on any atom is -0.346 e. The summed E-state index contributed by atoms with van der Waals surface area (Å²) in [6.07, 6.45) is 3.76. The molecule has 20 heavy (non-hydrogen) atoms. The molecule has 1 aromatic carbocycles. The van der Waals surface area contributed by atoms with Crippen molar-refractivity contribution in [2.45, 2.75) is 6.92 Å². The second-order valence-electron chi connectivity index (χ2n) is 4.90. The Kier molecular flexibility index (Phi) is 2.18. The van der Waals surface area contributed by atoms with Crippen molar-refractivity contribution in [3.05, 3.63) is 42.5 Å². The predicted octanol–water partition coefficient (Wildman–Crippen LogP) is 2.82. The second-order valence-corrected chi connectivity index (χ2v) is 4.90. The SMILES string of the molecule is Cc1nc(-c2ccc3cnn(C)c3c2)c2cc[nH]c2n1. The molecule has 0 saturated carbocycles. The molecule has 0 atom stereocenters. The Balaban J connectivity index is 2.04.